The first kappa shape index (κ1) is 10.9. The van der Waals surface area contributed by atoms with Gasteiger partial charge in [0.2, 0.25) is 11.6 Å². The second-order valence-electron chi connectivity index (χ2n) is 2.35. The summed E-state index contributed by atoms with van der Waals surface area (Å²) in [6, 6.07) is 0.891. The SMILES string of the molecule is N#Cc1c(F)c(F)c(F)c(F)c1[N+](=O)[O-]. The fourth-order valence-corrected chi connectivity index (χ4v) is 0.894. The maximum atomic E-state index is 12.8. The van der Waals surface area contributed by atoms with Crippen LogP contribution in [0.3, 0.4) is 0 Å². The lowest BCUT2D eigenvalue weighted by atomic mass is 10.1. The molecule has 78 valence electrons. The largest absolute Gasteiger partial charge is 0.328 e. The van der Waals surface area contributed by atoms with E-state index in [0.717, 1.165) is 6.07 Å². The van der Waals surface area contributed by atoms with Crippen LogP contribution in [0.25, 0.3) is 0 Å². The number of nitro benzene ring substituents is 1. The van der Waals surface area contributed by atoms with E-state index in [9.17, 15) is 27.7 Å². The third-order valence-electron chi connectivity index (χ3n) is 1.54. The molecule has 0 bridgehead atoms. The molecule has 0 radical (unpaired) electrons. The van der Waals surface area contributed by atoms with Gasteiger partial charge in [-0.2, -0.15) is 9.65 Å². The van der Waals surface area contributed by atoms with Crippen molar-refractivity contribution < 1.29 is 22.5 Å². The molecule has 0 aliphatic heterocycles. The summed E-state index contributed by atoms with van der Waals surface area (Å²) in [5, 5.41) is 18.4. The Morgan fingerprint density at radius 1 is 1.07 bits per heavy atom. The molecule has 0 saturated heterocycles. The predicted molar refractivity (Wildman–Crippen MR) is 37.6 cm³/mol. The zero-order chi connectivity index (χ0) is 11.7. The Balaban J connectivity index is 3.80. The molecule has 0 heterocycles. The van der Waals surface area contributed by atoms with Gasteiger partial charge >= 0.3 is 5.69 Å². The van der Waals surface area contributed by atoms with Crippen molar-refractivity contribution in [2.24, 2.45) is 0 Å². The molecule has 0 N–H and O–H groups in total. The van der Waals surface area contributed by atoms with Crippen molar-refractivity contribution in [3.05, 3.63) is 38.9 Å². The molecule has 0 aromatic heterocycles. The maximum absolute atomic E-state index is 12.8. The van der Waals surface area contributed by atoms with E-state index in [1.807, 2.05) is 0 Å². The first-order valence-corrected chi connectivity index (χ1v) is 3.32. The molecule has 8 heteroatoms. The number of benzene rings is 1. The monoisotopic (exact) mass is 220 g/mol. The number of nitriles is 1. The van der Waals surface area contributed by atoms with Gasteiger partial charge in [0, 0.05) is 0 Å². The molecule has 15 heavy (non-hydrogen) atoms. The summed E-state index contributed by atoms with van der Waals surface area (Å²) in [5.41, 5.74) is -3.19. The quantitative estimate of drug-likeness (QED) is 0.239. The van der Waals surface area contributed by atoms with Gasteiger partial charge in [0.25, 0.3) is 0 Å². The standard InChI is InChI=1S/C7F4N2O2/c8-3-2(1-12)7(13(14)15)6(11)5(10)4(3)9. The first-order chi connectivity index (χ1) is 6.91. The number of hydrogen-bond acceptors (Lipinski definition) is 3. The Morgan fingerprint density at radius 2 is 1.53 bits per heavy atom. The summed E-state index contributed by atoms with van der Waals surface area (Å²) in [7, 11) is 0. The lowest BCUT2D eigenvalue weighted by Gasteiger charge is -2.00. The van der Waals surface area contributed by atoms with Crippen LogP contribution in [0.2, 0.25) is 0 Å². The number of rotatable bonds is 1. The van der Waals surface area contributed by atoms with E-state index < -0.39 is 39.4 Å². The van der Waals surface area contributed by atoms with Crippen molar-refractivity contribution in [2.45, 2.75) is 0 Å². The zero-order valence-corrected chi connectivity index (χ0v) is 6.72. The van der Waals surface area contributed by atoms with Crippen LogP contribution in [0.15, 0.2) is 0 Å². The normalized spacial score (nSPS) is 9.80. The Morgan fingerprint density at radius 3 is 1.93 bits per heavy atom. The molecular formula is C7F4N2O2. The number of hydrogen-bond donors (Lipinski definition) is 0. The maximum Gasteiger partial charge on any atom is 0.328 e. The van der Waals surface area contributed by atoms with Crippen molar-refractivity contribution in [1.29, 1.82) is 5.26 Å². The molecule has 0 saturated carbocycles. The predicted octanol–water partition coefficient (Wildman–Crippen LogP) is 2.02. The van der Waals surface area contributed by atoms with E-state index in [2.05, 4.69) is 0 Å². The smallest absolute Gasteiger partial charge is 0.258 e. The van der Waals surface area contributed by atoms with E-state index in [1.54, 1.807) is 0 Å². The lowest BCUT2D eigenvalue weighted by molar-refractivity contribution is -0.388. The number of nitro groups is 1. The molecule has 0 aliphatic carbocycles. The highest BCUT2D eigenvalue weighted by Gasteiger charge is 2.32. The van der Waals surface area contributed by atoms with Crippen LogP contribution in [0.5, 0.6) is 0 Å². The molecule has 4 nitrogen and oxygen atoms in total. The van der Waals surface area contributed by atoms with Crippen molar-refractivity contribution in [1.82, 2.24) is 0 Å². The summed E-state index contributed by atoms with van der Waals surface area (Å²) in [5.74, 6) is -8.86. The van der Waals surface area contributed by atoms with Crippen LogP contribution in [-0.4, -0.2) is 4.92 Å². The molecule has 0 spiro atoms. The summed E-state index contributed by atoms with van der Waals surface area (Å²) in [4.78, 5) is 8.68. The number of nitrogens with zero attached hydrogens (tertiary/aromatic N) is 2. The van der Waals surface area contributed by atoms with Crippen molar-refractivity contribution in [3.63, 3.8) is 0 Å². The van der Waals surface area contributed by atoms with E-state index in [0.29, 0.717) is 0 Å². The van der Waals surface area contributed by atoms with Crippen molar-refractivity contribution >= 4 is 5.69 Å². The van der Waals surface area contributed by atoms with Crippen LogP contribution in [0.4, 0.5) is 23.2 Å². The van der Waals surface area contributed by atoms with Gasteiger partial charge in [-0.1, -0.05) is 0 Å². The Bertz CT molecular complexity index is 495. The molecule has 0 aliphatic rings. The Labute approximate surface area is 79.5 Å². The molecule has 0 fully saturated rings. The minimum absolute atomic E-state index is 0.891. The Hall–Kier alpha value is -2.17. The van der Waals surface area contributed by atoms with Gasteiger partial charge in [-0.15, -0.1) is 0 Å². The van der Waals surface area contributed by atoms with Crippen molar-refractivity contribution in [2.75, 3.05) is 0 Å². The van der Waals surface area contributed by atoms with Crippen LogP contribution in [-0.2, 0) is 0 Å². The van der Waals surface area contributed by atoms with Crippen LogP contribution < -0.4 is 0 Å². The lowest BCUT2D eigenvalue weighted by Crippen LogP contribution is -2.06. The van der Waals surface area contributed by atoms with Gasteiger partial charge in [-0.3, -0.25) is 10.1 Å². The van der Waals surface area contributed by atoms with Gasteiger partial charge < -0.3 is 0 Å². The Kier molecular flexibility index (Phi) is 2.57. The van der Waals surface area contributed by atoms with Crippen LogP contribution in [0.1, 0.15) is 5.56 Å². The molecule has 0 atom stereocenters. The third-order valence-corrected chi connectivity index (χ3v) is 1.54. The van der Waals surface area contributed by atoms with Gasteiger partial charge in [0.05, 0.1) is 4.92 Å². The topological polar surface area (TPSA) is 66.9 Å². The average molecular weight is 220 g/mol. The second-order valence-corrected chi connectivity index (χ2v) is 2.35. The highest BCUT2D eigenvalue weighted by atomic mass is 19.2. The minimum Gasteiger partial charge on any atom is -0.258 e. The van der Waals surface area contributed by atoms with E-state index >= 15 is 0 Å². The fourth-order valence-electron chi connectivity index (χ4n) is 0.894. The zero-order valence-electron chi connectivity index (χ0n) is 6.72. The second kappa shape index (κ2) is 3.53. The van der Waals surface area contributed by atoms with Gasteiger partial charge in [0.1, 0.15) is 6.07 Å². The molecular weight excluding hydrogens is 220 g/mol. The molecule has 0 unspecified atom stereocenters. The molecule has 1 aromatic carbocycles. The highest BCUT2D eigenvalue weighted by molar-refractivity contribution is 5.51. The van der Waals surface area contributed by atoms with E-state index in [1.165, 1.54) is 0 Å². The van der Waals surface area contributed by atoms with E-state index in [-0.39, 0.29) is 0 Å². The van der Waals surface area contributed by atoms with Gasteiger partial charge in [0.15, 0.2) is 17.2 Å². The minimum atomic E-state index is -2.32. The molecule has 1 aromatic rings. The number of halogens is 4. The average Bonchev–Trinajstić information content (AvgIpc) is 2.19. The molecule has 0 amide bonds. The fraction of sp³-hybridized carbons (Fsp3) is 0. The summed E-state index contributed by atoms with van der Waals surface area (Å²) in [6.45, 7) is 0. The van der Waals surface area contributed by atoms with Gasteiger partial charge in [-0.05, 0) is 0 Å². The third kappa shape index (κ3) is 1.48. The highest BCUT2D eigenvalue weighted by Crippen LogP contribution is 2.29. The van der Waals surface area contributed by atoms with Gasteiger partial charge in [-0.25, -0.2) is 13.2 Å². The van der Waals surface area contributed by atoms with E-state index in [4.69, 9.17) is 5.26 Å². The van der Waals surface area contributed by atoms with Crippen molar-refractivity contribution in [3.8, 4) is 6.07 Å². The first-order valence-electron chi connectivity index (χ1n) is 3.32. The van der Waals surface area contributed by atoms with Crippen LogP contribution in [0, 0.1) is 44.7 Å². The summed E-state index contributed by atoms with van der Waals surface area (Å²) >= 11 is 0. The summed E-state index contributed by atoms with van der Waals surface area (Å²) in [6.07, 6.45) is 0. The van der Waals surface area contributed by atoms with Crippen LogP contribution >= 0.6 is 0 Å². The molecule has 1 rings (SSSR count). The summed E-state index contributed by atoms with van der Waals surface area (Å²) < 4.78 is 50.6.